The Morgan fingerprint density at radius 3 is 2.84 bits per heavy atom. The van der Waals surface area contributed by atoms with Crippen molar-refractivity contribution in [1.29, 1.82) is 0 Å². The van der Waals surface area contributed by atoms with Crippen molar-refractivity contribution < 1.29 is 4.42 Å². The predicted molar refractivity (Wildman–Crippen MR) is 95.7 cm³/mol. The zero-order valence-electron chi connectivity index (χ0n) is 12.8. The van der Waals surface area contributed by atoms with E-state index in [0.29, 0.717) is 33.0 Å². The number of benzene rings is 1. The second-order valence-electron chi connectivity index (χ2n) is 5.11. The number of fused-ring (bicyclic) bond motifs is 1. The van der Waals surface area contributed by atoms with Gasteiger partial charge in [-0.25, -0.2) is 15.0 Å². The molecule has 1 atom stereocenters. The minimum absolute atomic E-state index is 0.106. The van der Waals surface area contributed by atoms with Crippen LogP contribution >= 0.6 is 35.0 Å². The van der Waals surface area contributed by atoms with Crippen molar-refractivity contribution in [2.24, 2.45) is 0 Å². The van der Waals surface area contributed by atoms with Crippen LogP contribution in [0.5, 0.6) is 0 Å². The summed E-state index contributed by atoms with van der Waals surface area (Å²) in [5.41, 5.74) is 2.11. The highest BCUT2D eigenvalue weighted by Crippen LogP contribution is 2.36. The van der Waals surface area contributed by atoms with Gasteiger partial charge in [0.2, 0.25) is 11.8 Å². The van der Waals surface area contributed by atoms with E-state index in [9.17, 15) is 0 Å². The highest BCUT2D eigenvalue weighted by atomic mass is 35.5. The minimum Gasteiger partial charge on any atom is -0.419 e. The summed E-state index contributed by atoms with van der Waals surface area (Å²) in [4.78, 5) is 15.5. The average Bonchev–Trinajstić information content (AvgIpc) is 3.27. The lowest BCUT2D eigenvalue weighted by Gasteiger charge is -2.06. The summed E-state index contributed by atoms with van der Waals surface area (Å²) in [7, 11) is 0. The molecule has 1 N–H and O–H groups in total. The van der Waals surface area contributed by atoms with E-state index >= 15 is 0 Å². The van der Waals surface area contributed by atoms with Crippen LogP contribution in [0.1, 0.15) is 18.1 Å². The number of imidazole rings is 1. The first-order chi connectivity index (χ1) is 12.1. The summed E-state index contributed by atoms with van der Waals surface area (Å²) >= 11 is 13.4. The molecule has 3 aromatic heterocycles. The Bertz CT molecular complexity index is 1050. The van der Waals surface area contributed by atoms with Crippen LogP contribution in [0, 0.1) is 0 Å². The number of hydrogen-bond donors (Lipinski definition) is 1. The molecule has 126 valence electrons. The molecule has 0 spiro atoms. The Labute approximate surface area is 156 Å². The van der Waals surface area contributed by atoms with E-state index < -0.39 is 0 Å². The number of aromatic nitrogens is 6. The van der Waals surface area contributed by atoms with Crippen LogP contribution in [-0.4, -0.2) is 30.1 Å². The number of aromatic amines is 1. The smallest absolute Gasteiger partial charge is 0.247 e. The van der Waals surface area contributed by atoms with Crippen molar-refractivity contribution in [1.82, 2.24) is 30.1 Å². The van der Waals surface area contributed by atoms with Crippen LogP contribution in [0.15, 0.2) is 40.3 Å². The second-order valence-corrected chi connectivity index (χ2v) is 7.26. The van der Waals surface area contributed by atoms with Gasteiger partial charge in [-0.15, -0.1) is 10.2 Å². The molecule has 25 heavy (non-hydrogen) atoms. The van der Waals surface area contributed by atoms with Crippen molar-refractivity contribution in [2.45, 2.75) is 17.2 Å². The molecule has 0 radical (unpaired) electrons. The molecule has 0 aliphatic heterocycles. The fourth-order valence-corrected chi connectivity index (χ4v) is 3.40. The fraction of sp³-hybridized carbons (Fsp3) is 0.133. The van der Waals surface area contributed by atoms with E-state index in [2.05, 4.69) is 30.1 Å². The minimum atomic E-state index is -0.106. The SMILES string of the molecule is CC(Sc1ncnc2nc[nH]c12)c1nnc(-c2ccc(Cl)c(Cl)c2)o1. The number of hydrogen-bond acceptors (Lipinski definition) is 7. The van der Waals surface area contributed by atoms with Crippen LogP contribution in [0.25, 0.3) is 22.6 Å². The van der Waals surface area contributed by atoms with Crippen molar-refractivity contribution in [2.75, 3.05) is 0 Å². The van der Waals surface area contributed by atoms with Gasteiger partial charge in [-0.3, -0.25) is 0 Å². The maximum atomic E-state index is 6.04. The lowest BCUT2D eigenvalue weighted by atomic mass is 10.2. The van der Waals surface area contributed by atoms with Gasteiger partial charge in [0.15, 0.2) is 5.65 Å². The van der Waals surface area contributed by atoms with Crippen molar-refractivity contribution >= 4 is 46.1 Å². The predicted octanol–water partition coefficient (Wildman–Crippen LogP) is 4.56. The van der Waals surface area contributed by atoms with E-state index in [0.717, 1.165) is 10.5 Å². The third-order valence-corrected chi connectivity index (χ3v) is 5.26. The Morgan fingerprint density at radius 1 is 1.12 bits per heavy atom. The largest absolute Gasteiger partial charge is 0.419 e. The molecule has 1 unspecified atom stereocenters. The average molecular weight is 393 g/mol. The Hall–Kier alpha value is -2.16. The van der Waals surface area contributed by atoms with E-state index in [-0.39, 0.29) is 5.25 Å². The molecule has 0 saturated carbocycles. The van der Waals surface area contributed by atoms with Gasteiger partial charge in [0.25, 0.3) is 0 Å². The molecule has 0 saturated heterocycles. The molecule has 0 fully saturated rings. The third-order valence-electron chi connectivity index (χ3n) is 3.43. The Balaban J connectivity index is 1.59. The van der Waals surface area contributed by atoms with Gasteiger partial charge in [-0.1, -0.05) is 35.0 Å². The second kappa shape index (κ2) is 6.62. The number of nitrogens with zero attached hydrogens (tertiary/aromatic N) is 5. The number of rotatable bonds is 4. The first kappa shape index (κ1) is 16.3. The summed E-state index contributed by atoms with van der Waals surface area (Å²) in [6.45, 7) is 1.96. The van der Waals surface area contributed by atoms with E-state index in [1.165, 1.54) is 18.1 Å². The van der Waals surface area contributed by atoms with E-state index in [4.69, 9.17) is 27.6 Å². The first-order valence-electron chi connectivity index (χ1n) is 7.21. The van der Waals surface area contributed by atoms with Gasteiger partial charge < -0.3 is 9.40 Å². The van der Waals surface area contributed by atoms with Gasteiger partial charge >= 0.3 is 0 Å². The monoisotopic (exact) mass is 392 g/mol. The quantitative estimate of drug-likeness (QED) is 0.401. The Kier molecular flexibility index (Phi) is 4.32. The number of H-pyrrole nitrogens is 1. The molecular weight excluding hydrogens is 383 g/mol. The van der Waals surface area contributed by atoms with Gasteiger partial charge in [0.05, 0.1) is 21.6 Å². The Morgan fingerprint density at radius 2 is 2.00 bits per heavy atom. The molecule has 0 amide bonds. The van der Waals surface area contributed by atoms with Crippen LogP contribution in [0.4, 0.5) is 0 Å². The van der Waals surface area contributed by atoms with Crippen molar-refractivity contribution in [3.05, 3.63) is 46.8 Å². The summed E-state index contributed by atoms with van der Waals surface area (Å²) in [6, 6.07) is 5.16. The molecule has 4 rings (SSSR count). The molecular formula is C15H10Cl2N6OS. The van der Waals surface area contributed by atoms with Crippen molar-refractivity contribution in [3.8, 4) is 11.5 Å². The maximum Gasteiger partial charge on any atom is 0.247 e. The third kappa shape index (κ3) is 3.20. The lowest BCUT2D eigenvalue weighted by molar-refractivity contribution is 0.509. The highest BCUT2D eigenvalue weighted by molar-refractivity contribution is 7.99. The van der Waals surface area contributed by atoms with Crippen LogP contribution in [-0.2, 0) is 0 Å². The topological polar surface area (TPSA) is 93.4 Å². The first-order valence-corrected chi connectivity index (χ1v) is 8.85. The molecule has 0 aliphatic rings. The van der Waals surface area contributed by atoms with E-state index in [1.807, 2.05) is 6.92 Å². The molecule has 3 heterocycles. The van der Waals surface area contributed by atoms with Gasteiger partial charge in [0.1, 0.15) is 16.9 Å². The maximum absolute atomic E-state index is 6.04. The standard InChI is InChI=1S/C15H10Cl2N6OS/c1-7(25-15-11-12(19-5-18-11)20-6-21-15)13-22-23-14(24-13)8-2-3-9(16)10(17)4-8/h2-7H,1H3,(H,18,19,20,21). The normalized spacial score (nSPS) is 12.6. The number of thioether (sulfide) groups is 1. The molecule has 4 aromatic rings. The summed E-state index contributed by atoms with van der Waals surface area (Å²) in [5.74, 6) is 0.868. The molecule has 1 aromatic carbocycles. The molecule has 0 bridgehead atoms. The summed E-state index contributed by atoms with van der Waals surface area (Å²) in [5, 5.41) is 9.78. The zero-order chi connectivity index (χ0) is 17.4. The number of halogens is 2. The number of nitrogens with one attached hydrogen (secondary N) is 1. The fourth-order valence-electron chi connectivity index (χ4n) is 2.19. The zero-order valence-corrected chi connectivity index (χ0v) is 15.1. The van der Waals surface area contributed by atoms with Crippen LogP contribution < -0.4 is 0 Å². The van der Waals surface area contributed by atoms with Gasteiger partial charge in [-0.05, 0) is 25.1 Å². The molecule has 7 nitrogen and oxygen atoms in total. The van der Waals surface area contributed by atoms with Gasteiger partial charge in [-0.2, -0.15) is 0 Å². The summed E-state index contributed by atoms with van der Waals surface area (Å²) < 4.78 is 5.78. The highest BCUT2D eigenvalue weighted by Gasteiger charge is 2.19. The lowest BCUT2D eigenvalue weighted by Crippen LogP contribution is -1.92. The summed E-state index contributed by atoms with van der Waals surface area (Å²) in [6.07, 6.45) is 3.07. The van der Waals surface area contributed by atoms with Gasteiger partial charge in [0, 0.05) is 5.56 Å². The van der Waals surface area contributed by atoms with E-state index in [1.54, 1.807) is 24.5 Å². The molecule has 10 heteroatoms. The van der Waals surface area contributed by atoms with Crippen LogP contribution in [0.3, 0.4) is 0 Å². The van der Waals surface area contributed by atoms with Crippen molar-refractivity contribution in [3.63, 3.8) is 0 Å². The van der Waals surface area contributed by atoms with Crippen LogP contribution in [0.2, 0.25) is 10.0 Å². The molecule has 0 aliphatic carbocycles.